The molecule has 0 fully saturated rings. The predicted molar refractivity (Wildman–Crippen MR) is 117 cm³/mol. The summed E-state index contributed by atoms with van der Waals surface area (Å²) in [6.07, 6.45) is 0. The first-order chi connectivity index (χ1) is 14.1. The smallest absolute Gasteiger partial charge is 0.251 e. The molecule has 0 radical (unpaired) electrons. The van der Waals surface area contributed by atoms with Crippen LogP contribution in [0, 0.1) is 0 Å². The first-order valence-corrected chi connectivity index (χ1v) is 9.80. The third kappa shape index (κ3) is 4.50. The van der Waals surface area contributed by atoms with Crippen LogP contribution in [0.5, 0.6) is 0 Å². The maximum absolute atomic E-state index is 12.3. The third-order valence-electron chi connectivity index (χ3n) is 4.44. The second-order valence-electron chi connectivity index (χ2n) is 6.46. The molecule has 6 heteroatoms. The van der Waals surface area contributed by atoms with Gasteiger partial charge in [-0.05, 0) is 54.6 Å². The van der Waals surface area contributed by atoms with Crippen molar-refractivity contribution < 1.29 is 4.79 Å². The summed E-state index contributed by atoms with van der Waals surface area (Å²) in [7, 11) is 0. The summed E-state index contributed by atoms with van der Waals surface area (Å²) >= 11 is 12.1. The number of benzene rings is 3. The van der Waals surface area contributed by atoms with E-state index in [1.54, 1.807) is 12.1 Å². The van der Waals surface area contributed by atoms with Crippen LogP contribution in [-0.2, 0) is 6.54 Å². The Kier molecular flexibility index (Phi) is 5.65. The highest BCUT2D eigenvalue weighted by Gasteiger charge is 2.13. The summed E-state index contributed by atoms with van der Waals surface area (Å²) in [5.41, 5.74) is 4.10. The molecule has 4 nitrogen and oxygen atoms in total. The van der Waals surface area contributed by atoms with Crippen molar-refractivity contribution in [1.82, 2.24) is 15.1 Å². The third-order valence-corrected chi connectivity index (χ3v) is 4.94. The number of rotatable bonds is 5. The van der Waals surface area contributed by atoms with Gasteiger partial charge in [0.2, 0.25) is 0 Å². The molecule has 1 heterocycles. The van der Waals surface area contributed by atoms with E-state index >= 15 is 0 Å². The molecule has 0 atom stereocenters. The van der Waals surface area contributed by atoms with Gasteiger partial charge >= 0.3 is 0 Å². The Morgan fingerprint density at radius 2 is 1.48 bits per heavy atom. The van der Waals surface area contributed by atoms with Gasteiger partial charge in [0.1, 0.15) is 0 Å². The molecule has 4 rings (SSSR count). The maximum atomic E-state index is 12.3. The van der Waals surface area contributed by atoms with E-state index in [0.29, 0.717) is 22.2 Å². The zero-order chi connectivity index (χ0) is 20.2. The van der Waals surface area contributed by atoms with Crippen molar-refractivity contribution in [3.05, 3.63) is 106 Å². The van der Waals surface area contributed by atoms with E-state index in [9.17, 15) is 4.79 Å². The van der Waals surface area contributed by atoms with Crippen LogP contribution in [0.3, 0.4) is 0 Å². The van der Waals surface area contributed by atoms with Crippen molar-refractivity contribution in [2.45, 2.75) is 6.54 Å². The Hall–Kier alpha value is -3.08. The first-order valence-electron chi connectivity index (χ1n) is 9.04. The molecule has 1 N–H and O–H groups in total. The molecular weight excluding hydrogens is 405 g/mol. The molecule has 0 spiro atoms. The molecule has 1 amide bonds. The SMILES string of the molecule is O=C(NCc1cc(-c2ccc(Cl)cc2)n(-c2ccc(Cl)cc2)n1)c1ccccc1. The number of aromatic nitrogens is 2. The van der Waals surface area contributed by atoms with Crippen molar-refractivity contribution in [2.24, 2.45) is 0 Å². The lowest BCUT2D eigenvalue weighted by molar-refractivity contribution is 0.0950. The minimum atomic E-state index is -0.139. The molecule has 1 aromatic heterocycles. The lowest BCUT2D eigenvalue weighted by Gasteiger charge is -2.08. The largest absolute Gasteiger partial charge is 0.346 e. The molecule has 4 aromatic rings. The molecule has 0 aliphatic heterocycles. The second-order valence-corrected chi connectivity index (χ2v) is 7.34. The van der Waals surface area contributed by atoms with Crippen LogP contribution >= 0.6 is 23.2 Å². The van der Waals surface area contributed by atoms with Crippen molar-refractivity contribution in [3.63, 3.8) is 0 Å². The van der Waals surface area contributed by atoms with Crippen molar-refractivity contribution >= 4 is 29.1 Å². The summed E-state index contributed by atoms with van der Waals surface area (Å²) in [6, 6.07) is 26.1. The topological polar surface area (TPSA) is 46.9 Å². The van der Waals surface area contributed by atoms with Crippen LogP contribution in [-0.4, -0.2) is 15.7 Å². The number of nitrogens with one attached hydrogen (secondary N) is 1. The summed E-state index contributed by atoms with van der Waals surface area (Å²) in [6.45, 7) is 0.314. The molecule has 0 aliphatic rings. The van der Waals surface area contributed by atoms with E-state index in [2.05, 4.69) is 5.32 Å². The number of amides is 1. The molecule has 0 aliphatic carbocycles. The van der Waals surface area contributed by atoms with Crippen molar-refractivity contribution in [1.29, 1.82) is 0 Å². The van der Waals surface area contributed by atoms with Gasteiger partial charge in [-0.1, -0.05) is 53.5 Å². The normalized spacial score (nSPS) is 10.7. The van der Waals surface area contributed by atoms with Gasteiger partial charge in [0.25, 0.3) is 5.91 Å². The number of halogens is 2. The minimum absolute atomic E-state index is 0.139. The van der Waals surface area contributed by atoms with Crippen LogP contribution in [0.1, 0.15) is 16.1 Å². The van der Waals surface area contributed by atoms with E-state index in [4.69, 9.17) is 28.3 Å². The van der Waals surface area contributed by atoms with E-state index in [0.717, 1.165) is 22.6 Å². The van der Waals surface area contributed by atoms with Gasteiger partial charge in [0.05, 0.1) is 23.6 Å². The van der Waals surface area contributed by atoms with Gasteiger partial charge in [-0.2, -0.15) is 5.10 Å². The number of hydrogen-bond donors (Lipinski definition) is 1. The Morgan fingerprint density at radius 3 is 2.14 bits per heavy atom. The van der Waals surface area contributed by atoms with E-state index in [1.165, 1.54) is 0 Å². The Bertz CT molecular complexity index is 1060. The second kappa shape index (κ2) is 8.52. The van der Waals surface area contributed by atoms with Gasteiger partial charge < -0.3 is 5.32 Å². The molecular formula is C23H17Cl2N3O. The monoisotopic (exact) mass is 421 g/mol. The zero-order valence-electron chi connectivity index (χ0n) is 15.3. The molecule has 0 saturated carbocycles. The number of carbonyl (C=O) groups excluding carboxylic acids is 1. The van der Waals surface area contributed by atoms with Gasteiger partial charge in [0, 0.05) is 21.2 Å². The Morgan fingerprint density at radius 1 is 0.862 bits per heavy atom. The maximum Gasteiger partial charge on any atom is 0.251 e. The fraction of sp³-hybridized carbons (Fsp3) is 0.0435. The molecule has 3 aromatic carbocycles. The predicted octanol–water partition coefficient (Wildman–Crippen LogP) is 5.78. The first kappa shape index (κ1) is 19.2. The molecule has 0 bridgehead atoms. The number of hydrogen-bond acceptors (Lipinski definition) is 2. The summed E-state index contributed by atoms with van der Waals surface area (Å²) in [4.78, 5) is 12.3. The molecule has 0 saturated heterocycles. The lowest BCUT2D eigenvalue weighted by atomic mass is 10.1. The zero-order valence-corrected chi connectivity index (χ0v) is 16.9. The fourth-order valence-corrected chi connectivity index (χ4v) is 3.24. The summed E-state index contributed by atoms with van der Waals surface area (Å²) < 4.78 is 1.84. The van der Waals surface area contributed by atoms with Crippen LogP contribution in [0.15, 0.2) is 84.9 Å². The van der Waals surface area contributed by atoms with Gasteiger partial charge in [-0.15, -0.1) is 0 Å². The number of carbonyl (C=O) groups is 1. The number of nitrogens with zero attached hydrogens (tertiary/aromatic N) is 2. The van der Waals surface area contributed by atoms with Crippen LogP contribution in [0.2, 0.25) is 10.0 Å². The summed E-state index contributed by atoms with van der Waals surface area (Å²) in [5.74, 6) is -0.139. The molecule has 0 unspecified atom stereocenters. The minimum Gasteiger partial charge on any atom is -0.346 e. The molecule has 29 heavy (non-hydrogen) atoms. The van der Waals surface area contributed by atoms with Crippen molar-refractivity contribution in [2.75, 3.05) is 0 Å². The summed E-state index contributed by atoms with van der Waals surface area (Å²) in [5, 5.41) is 8.95. The van der Waals surface area contributed by atoms with Gasteiger partial charge in [-0.3, -0.25) is 4.79 Å². The highest BCUT2D eigenvalue weighted by Crippen LogP contribution is 2.26. The molecule has 144 valence electrons. The van der Waals surface area contributed by atoms with E-state index < -0.39 is 0 Å². The fourth-order valence-electron chi connectivity index (χ4n) is 2.98. The van der Waals surface area contributed by atoms with Crippen LogP contribution in [0.4, 0.5) is 0 Å². The van der Waals surface area contributed by atoms with E-state index in [1.807, 2.05) is 77.5 Å². The lowest BCUT2D eigenvalue weighted by Crippen LogP contribution is -2.22. The quantitative estimate of drug-likeness (QED) is 0.444. The Balaban J connectivity index is 1.65. The van der Waals surface area contributed by atoms with Crippen molar-refractivity contribution in [3.8, 4) is 16.9 Å². The van der Waals surface area contributed by atoms with Crippen LogP contribution < -0.4 is 5.32 Å². The highest BCUT2D eigenvalue weighted by molar-refractivity contribution is 6.30. The Labute approximate surface area is 178 Å². The highest BCUT2D eigenvalue weighted by atomic mass is 35.5. The average Bonchev–Trinajstić information content (AvgIpc) is 3.18. The standard InChI is InChI=1S/C23H17Cl2N3O/c24-18-8-6-16(7-9-18)22-14-20(15-26-23(29)17-4-2-1-3-5-17)27-28(22)21-12-10-19(25)11-13-21/h1-14H,15H2,(H,26,29). The van der Waals surface area contributed by atoms with Gasteiger partial charge in [-0.25, -0.2) is 4.68 Å². The van der Waals surface area contributed by atoms with Gasteiger partial charge in [0.15, 0.2) is 0 Å². The van der Waals surface area contributed by atoms with E-state index in [-0.39, 0.29) is 5.91 Å². The van der Waals surface area contributed by atoms with Crippen LogP contribution in [0.25, 0.3) is 16.9 Å². The average molecular weight is 422 g/mol.